The van der Waals surface area contributed by atoms with Crippen molar-refractivity contribution in [3.63, 3.8) is 0 Å². The van der Waals surface area contributed by atoms with E-state index >= 15 is 0 Å². The second-order valence-corrected chi connectivity index (χ2v) is 5.45. The normalized spacial score (nSPS) is 9.71. The Balaban J connectivity index is 3.66. The van der Waals surface area contributed by atoms with Crippen LogP contribution in [0.15, 0.2) is 17.9 Å². The first-order valence-corrected chi connectivity index (χ1v) is 6.51. The Labute approximate surface area is 115 Å². The van der Waals surface area contributed by atoms with Crippen LogP contribution in [0.25, 0.3) is 0 Å². The van der Waals surface area contributed by atoms with Crippen LogP contribution >= 0.6 is 63.7 Å². The van der Waals surface area contributed by atoms with E-state index < -0.39 is 0 Å². The molecule has 0 atom stereocenters. The number of halogens is 4. The fourth-order valence-corrected chi connectivity index (χ4v) is 3.47. The Morgan fingerprint density at radius 2 is 1.43 bits per heavy atom. The average molecular weight is 449 g/mol. The van der Waals surface area contributed by atoms with Crippen molar-refractivity contribution in [2.75, 3.05) is 7.11 Å². The Hall–Kier alpha value is 0.430. The van der Waals surface area contributed by atoms with Crippen LogP contribution in [0.1, 0.15) is 5.56 Å². The molecule has 0 heterocycles. The Kier molecular flexibility index (Phi) is 4.44. The van der Waals surface area contributed by atoms with Crippen LogP contribution < -0.4 is 4.74 Å². The standard InChI is InChI=1S/C8H3Br4NO/c1-14-8-6(11)4(9)3(2-13)5(10)7(8)12/h1H3. The van der Waals surface area contributed by atoms with E-state index in [0.29, 0.717) is 29.2 Å². The number of rotatable bonds is 1. The maximum Gasteiger partial charge on any atom is 0.149 e. The van der Waals surface area contributed by atoms with Gasteiger partial charge in [0.15, 0.2) is 0 Å². The highest BCUT2D eigenvalue weighted by Crippen LogP contribution is 2.45. The first kappa shape index (κ1) is 12.5. The molecular formula is C8H3Br4NO. The molecule has 0 radical (unpaired) electrons. The maximum atomic E-state index is 8.92. The molecule has 0 aliphatic heterocycles. The molecule has 0 aromatic heterocycles. The molecular weight excluding hydrogens is 446 g/mol. The number of methoxy groups -OCH3 is 1. The summed E-state index contributed by atoms with van der Waals surface area (Å²) in [7, 11) is 1.57. The van der Waals surface area contributed by atoms with Crippen molar-refractivity contribution in [3.05, 3.63) is 23.5 Å². The van der Waals surface area contributed by atoms with Gasteiger partial charge in [-0.1, -0.05) is 0 Å². The second kappa shape index (κ2) is 4.97. The molecule has 0 fully saturated rings. The topological polar surface area (TPSA) is 33.0 Å². The number of nitrogens with zero attached hydrogens (tertiary/aromatic N) is 1. The smallest absolute Gasteiger partial charge is 0.149 e. The summed E-state index contributed by atoms with van der Waals surface area (Å²) in [4.78, 5) is 0. The third kappa shape index (κ3) is 2.01. The minimum absolute atomic E-state index is 0.518. The molecule has 6 heteroatoms. The Bertz CT molecular complexity index is 388. The Morgan fingerprint density at radius 3 is 1.71 bits per heavy atom. The van der Waals surface area contributed by atoms with Crippen LogP contribution in [0, 0.1) is 11.3 Å². The van der Waals surface area contributed by atoms with Gasteiger partial charge in [-0.05, 0) is 63.7 Å². The van der Waals surface area contributed by atoms with Crippen LogP contribution in [0.3, 0.4) is 0 Å². The van der Waals surface area contributed by atoms with Crippen molar-refractivity contribution in [3.8, 4) is 11.8 Å². The van der Waals surface area contributed by atoms with Gasteiger partial charge in [0.25, 0.3) is 0 Å². The largest absolute Gasteiger partial charge is 0.494 e. The molecule has 0 amide bonds. The Morgan fingerprint density at radius 1 is 1.00 bits per heavy atom. The highest BCUT2D eigenvalue weighted by atomic mass is 79.9. The molecule has 2 nitrogen and oxygen atoms in total. The van der Waals surface area contributed by atoms with E-state index in [-0.39, 0.29) is 0 Å². The van der Waals surface area contributed by atoms with Crippen LogP contribution in [0.2, 0.25) is 0 Å². The maximum absolute atomic E-state index is 8.92. The van der Waals surface area contributed by atoms with Gasteiger partial charge in [-0.15, -0.1) is 0 Å². The van der Waals surface area contributed by atoms with Crippen LogP contribution in [-0.4, -0.2) is 7.11 Å². The van der Waals surface area contributed by atoms with E-state index in [1.807, 2.05) is 0 Å². The summed E-state index contributed by atoms with van der Waals surface area (Å²) < 4.78 is 7.95. The van der Waals surface area contributed by atoms with Gasteiger partial charge in [0, 0.05) is 0 Å². The minimum Gasteiger partial charge on any atom is -0.494 e. The third-order valence-corrected chi connectivity index (χ3v) is 5.70. The van der Waals surface area contributed by atoms with Gasteiger partial charge in [-0.3, -0.25) is 0 Å². The van der Waals surface area contributed by atoms with Crippen molar-refractivity contribution in [2.24, 2.45) is 0 Å². The van der Waals surface area contributed by atoms with Crippen LogP contribution in [0.5, 0.6) is 5.75 Å². The molecule has 1 aromatic rings. The molecule has 74 valence electrons. The summed E-state index contributed by atoms with van der Waals surface area (Å²) >= 11 is 13.3. The van der Waals surface area contributed by atoms with Crippen LogP contribution in [-0.2, 0) is 0 Å². The first-order valence-electron chi connectivity index (χ1n) is 3.34. The van der Waals surface area contributed by atoms with Gasteiger partial charge in [0.05, 0.1) is 30.6 Å². The molecule has 14 heavy (non-hydrogen) atoms. The molecule has 0 N–H and O–H groups in total. The predicted molar refractivity (Wildman–Crippen MR) is 68.5 cm³/mol. The fourth-order valence-electron chi connectivity index (χ4n) is 0.889. The van der Waals surface area contributed by atoms with E-state index in [1.54, 1.807) is 7.11 Å². The molecule has 0 saturated carbocycles. The molecule has 0 bridgehead atoms. The number of hydrogen-bond donors (Lipinski definition) is 0. The van der Waals surface area contributed by atoms with Crippen molar-refractivity contribution < 1.29 is 4.74 Å². The van der Waals surface area contributed by atoms with Gasteiger partial charge in [0.1, 0.15) is 11.8 Å². The molecule has 0 aliphatic rings. The minimum atomic E-state index is 0.518. The predicted octanol–water partition coefficient (Wildman–Crippen LogP) is 4.62. The van der Waals surface area contributed by atoms with Crippen molar-refractivity contribution in [1.29, 1.82) is 5.26 Å². The molecule has 1 rings (SSSR count). The molecule has 1 aromatic carbocycles. The fraction of sp³-hybridized carbons (Fsp3) is 0.125. The van der Waals surface area contributed by atoms with Crippen LogP contribution in [0.4, 0.5) is 0 Å². The molecule has 0 spiro atoms. The average Bonchev–Trinajstić information content (AvgIpc) is 2.17. The summed E-state index contributed by atoms with van der Waals surface area (Å²) in [6.45, 7) is 0. The van der Waals surface area contributed by atoms with E-state index in [4.69, 9.17) is 10.00 Å². The van der Waals surface area contributed by atoms with E-state index in [0.717, 1.165) is 0 Å². The highest BCUT2D eigenvalue weighted by Gasteiger charge is 2.19. The lowest BCUT2D eigenvalue weighted by molar-refractivity contribution is 0.408. The van der Waals surface area contributed by atoms with Crippen molar-refractivity contribution >= 4 is 63.7 Å². The summed E-state index contributed by atoms with van der Waals surface area (Å²) in [6, 6.07) is 2.09. The zero-order chi connectivity index (χ0) is 10.9. The molecule has 0 aliphatic carbocycles. The van der Waals surface area contributed by atoms with E-state index in [2.05, 4.69) is 69.8 Å². The van der Waals surface area contributed by atoms with Gasteiger partial charge < -0.3 is 4.74 Å². The van der Waals surface area contributed by atoms with Crippen molar-refractivity contribution in [1.82, 2.24) is 0 Å². The highest BCUT2D eigenvalue weighted by molar-refractivity contribution is 9.14. The zero-order valence-corrected chi connectivity index (χ0v) is 13.2. The van der Waals surface area contributed by atoms with E-state index in [9.17, 15) is 0 Å². The van der Waals surface area contributed by atoms with Gasteiger partial charge in [0.2, 0.25) is 0 Å². The molecule has 0 unspecified atom stereocenters. The first-order chi connectivity index (χ1) is 6.54. The van der Waals surface area contributed by atoms with Gasteiger partial charge in [-0.25, -0.2) is 0 Å². The summed E-state index contributed by atoms with van der Waals surface area (Å²) in [5, 5.41) is 8.92. The summed E-state index contributed by atoms with van der Waals surface area (Å²) in [6.07, 6.45) is 0. The summed E-state index contributed by atoms with van der Waals surface area (Å²) in [5.74, 6) is 0.641. The SMILES string of the molecule is COc1c(Br)c(Br)c(C#N)c(Br)c1Br. The number of nitriles is 1. The number of ether oxygens (including phenoxy) is 1. The third-order valence-electron chi connectivity index (χ3n) is 1.54. The van der Waals surface area contributed by atoms with E-state index in [1.165, 1.54) is 0 Å². The quantitative estimate of drug-likeness (QED) is 0.588. The second-order valence-electron chi connectivity index (χ2n) is 2.28. The number of benzene rings is 1. The summed E-state index contributed by atoms with van der Waals surface area (Å²) in [5.41, 5.74) is 0.518. The van der Waals surface area contributed by atoms with Gasteiger partial charge in [-0.2, -0.15) is 5.26 Å². The molecule has 0 saturated heterocycles. The van der Waals surface area contributed by atoms with Gasteiger partial charge >= 0.3 is 0 Å². The lowest BCUT2D eigenvalue weighted by Gasteiger charge is -2.11. The number of hydrogen-bond acceptors (Lipinski definition) is 2. The lowest BCUT2D eigenvalue weighted by Crippen LogP contribution is -1.92. The zero-order valence-electron chi connectivity index (χ0n) is 6.87. The monoisotopic (exact) mass is 445 g/mol. The lowest BCUT2D eigenvalue weighted by atomic mass is 10.2. The van der Waals surface area contributed by atoms with Crippen molar-refractivity contribution in [2.45, 2.75) is 0 Å².